The summed E-state index contributed by atoms with van der Waals surface area (Å²) in [6.45, 7) is 8.74. The molecule has 0 bridgehead atoms. The van der Waals surface area contributed by atoms with Gasteiger partial charge in [-0.15, -0.1) is 0 Å². The lowest BCUT2D eigenvalue weighted by atomic mass is 9.70. The Morgan fingerprint density at radius 2 is 1.29 bits per heavy atom. The first-order chi connectivity index (χ1) is 22.1. The molecule has 0 saturated heterocycles. The molecule has 218 valence electrons. The third-order valence-electron chi connectivity index (χ3n) is 9.99. The largest absolute Gasteiger partial charge is 0.497 e. The number of rotatable bonds is 2. The summed E-state index contributed by atoms with van der Waals surface area (Å²) in [7, 11) is 0. The van der Waals surface area contributed by atoms with Crippen LogP contribution in [-0.4, -0.2) is 6.10 Å². The molecular formula is C44H36O. The summed E-state index contributed by atoms with van der Waals surface area (Å²) < 4.78 is 6.18. The van der Waals surface area contributed by atoms with E-state index < -0.39 is 0 Å². The normalized spacial score (nSPS) is 19.7. The van der Waals surface area contributed by atoms with E-state index in [2.05, 4.69) is 130 Å². The second-order valence-corrected chi connectivity index (χ2v) is 12.5. The molecule has 0 amide bonds. The number of allylic oxidation sites excluding steroid dienone is 3. The summed E-state index contributed by atoms with van der Waals surface area (Å²) in [6.07, 6.45) is 8.88. The lowest BCUT2D eigenvalue weighted by Crippen LogP contribution is -2.26. The lowest BCUT2D eigenvalue weighted by Gasteiger charge is -2.31. The number of hydrogen-bond donors (Lipinski definition) is 0. The molecular weight excluding hydrogens is 544 g/mol. The molecule has 1 nitrogen and oxygen atoms in total. The molecule has 1 aliphatic heterocycles. The minimum Gasteiger partial charge on any atom is -0.497 e. The van der Waals surface area contributed by atoms with Crippen LogP contribution >= 0.6 is 0 Å². The average molecular weight is 581 g/mol. The van der Waals surface area contributed by atoms with Crippen LogP contribution in [-0.2, 0) is 10.2 Å². The number of aryl methyl sites for hydroxylation is 1. The van der Waals surface area contributed by atoms with E-state index >= 15 is 0 Å². The van der Waals surface area contributed by atoms with E-state index in [9.17, 15) is 0 Å². The summed E-state index contributed by atoms with van der Waals surface area (Å²) in [5, 5.41) is 5.43. The van der Waals surface area contributed by atoms with Crippen LogP contribution in [0.2, 0.25) is 0 Å². The van der Waals surface area contributed by atoms with Crippen LogP contribution in [0, 0.1) is 6.92 Å². The molecule has 2 atom stereocenters. The SMILES string of the molecule is C=C1/C=C\C=C/OC(CC)C1c1ccc2c(c1)-c1ccccc1C21c2cccc3ccc4cccc1c4c23.Cc1ccccc1. The van der Waals surface area contributed by atoms with Crippen molar-refractivity contribution in [2.24, 2.45) is 0 Å². The fourth-order valence-corrected chi connectivity index (χ4v) is 8.09. The third kappa shape index (κ3) is 4.07. The molecule has 2 aliphatic carbocycles. The van der Waals surface area contributed by atoms with Crippen molar-refractivity contribution in [3.63, 3.8) is 0 Å². The first-order valence-corrected chi connectivity index (χ1v) is 16.0. The molecule has 1 heterocycles. The number of fused-ring (bicyclic) bond motifs is 7. The topological polar surface area (TPSA) is 9.23 Å². The van der Waals surface area contributed by atoms with Gasteiger partial charge in [-0.25, -0.2) is 0 Å². The Bertz CT molecular complexity index is 2100. The molecule has 0 N–H and O–H groups in total. The van der Waals surface area contributed by atoms with E-state index in [0.717, 1.165) is 12.0 Å². The van der Waals surface area contributed by atoms with E-state index in [1.807, 2.05) is 36.6 Å². The summed E-state index contributed by atoms with van der Waals surface area (Å²) >= 11 is 0. The fraction of sp³-hybridized carbons (Fsp3) is 0.136. The molecule has 2 unspecified atom stereocenters. The van der Waals surface area contributed by atoms with Crippen molar-refractivity contribution < 1.29 is 4.74 Å². The minimum absolute atomic E-state index is 0.0468. The molecule has 0 saturated carbocycles. The number of ether oxygens (including phenoxy) is 1. The van der Waals surface area contributed by atoms with E-state index in [1.54, 1.807) is 0 Å². The molecule has 6 aromatic rings. The highest BCUT2D eigenvalue weighted by atomic mass is 16.5. The molecule has 1 spiro atoms. The summed E-state index contributed by atoms with van der Waals surface area (Å²) in [5.74, 6) is 0.0999. The zero-order chi connectivity index (χ0) is 30.5. The lowest BCUT2D eigenvalue weighted by molar-refractivity contribution is 0.124. The predicted octanol–water partition coefficient (Wildman–Crippen LogP) is 11.2. The molecule has 0 fully saturated rings. The van der Waals surface area contributed by atoms with E-state index in [0.29, 0.717) is 0 Å². The summed E-state index contributed by atoms with van der Waals surface area (Å²) in [6, 6.07) is 44.7. The van der Waals surface area contributed by atoms with Gasteiger partial charge >= 0.3 is 0 Å². The Balaban J connectivity index is 0.000000382. The van der Waals surface area contributed by atoms with Gasteiger partial charge in [0.15, 0.2) is 0 Å². The number of benzene rings is 6. The molecule has 1 heteroatoms. The van der Waals surface area contributed by atoms with Crippen molar-refractivity contribution in [3.05, 3.63) is 191 Å². The van der Waals surface area contributed by atoms with Crippen LogP contribution in [0.5, 0.6) is 0 Å². The molecule has 0 aromatic heterocycles. The molecule has 0 radical (unpaired) electrons. The maximum atomic E-state index is 6.18. The second kappa shape index (κ2) is 10.8. The van der Waals surface area contributed by atoms with Crippen LogP contribution < -0.4 is 0 Å². The van der Waals surface area contributed by atoms with Crippen LogP contribution in [0.15, 0.2) is 158 Å². The molecule has 6 aromatic carbocycles. The fourth-order valence-electron chi connectivity index (χ4n) is 8.09. The van der Waals surface area contributed by atoms with Crippen LogP contribution in [0.3, 0.4) is 0 Å². The van der Waals surface area contributed by atoms with Gasteiger partial charge in [-0.05, 0) is 85.5 Å². The summed E-state index contributed by atoms with van der Waals surface area (Å²) in [4.78, 5) is 0. The maximum absolute atomic E-state index is 6.18. The highest BCUT2D eigenvalue weighted by Gasteiger charge is 2.50. The first-order valence-electron chi connectivity index (χ1n) is 16.0. The van der Waals surface area contributed by atoms with Crippen LogP contribution in [0.25, 0.3) is 32.7 Å². The van der Waals surface area contributed by atoms with Gasteiger partial charge < -0.3 is 4.74 Å². The maximum Gasteiger partial charge on any atom is 0.108 e. The van der Waals surface area contributed by atoms with Crippen molar-refractivity contribution in [3.8, 4) is 11.1 Å². The van der Waals surface area contributed by atoms with Gasteiger partial charge in [-0.1, -0.05) is 153 Å². The smallest absolute Gasteiger partial charge is 0.108 e. The van der Waals surface area contributed by atoms with Gasteiger partial charge in [-0.2, -0.15) is 0 Å². The zero-order valence-electron chi connectivity index (χ0n) is 25.8. The van der Waals surface area contributed by atoms with Gasteiger partial charge in [0, 0.05) is 5.92 Å². The van der Waals surface area contributed by atoms with Gasteiger partial charge in [0.05, 0.1) is 11.7 Å². The zero-order valence-corrected chi connectivity index (χ0v) is 25.8. The Morgan fingerprint density at radius 1 is 0.644 bits per heavy atom. The van der Waals surface area contributed by atoms with E-state index in [4.69, 9.17) is 4.74 Å². The highest BCUT2D eigenvalue weighted by molar-refractivity contribution is 6.17. The minimum atomic E-state index is -0.311. The molecule has 3 aliphatic rings. The van der Waals surface area contributed by atoms with Crippen molar-refractivity contribution in [2.75, 3.05) is 0 Å². The predicted molar refractivity (Wildman–Crippen MR) is 189 cm³/mol. The molecule has 9 rings (SSSR count). The van der Waals surface area contributed by atoms with Crippen molar-refractivity contribution in [1.82, 2.24) is 0 Å². The molecule has 45 heavy (non-hydrogen) atoms. The second-order valence-electron chi connectivity index (χ2n) is 12.5. The average Bonchev–Trinajstić information content (AvgIpc) is 3.54. The van der Waals surface area contributed by atoms with Gasteiger partial charge in [0.2, 0.25) is 0 Å². The number of hydrogen-bond acceptors (Lipinski definition) is 1. The monoisotopic (exact) mass is 580 g/mol. The van der Waals surface area contributed by atoms with Gasteiger partial charge in [0.1, 0.15) is 6.10 Å². The van der Waals surface area contributed by atoms with Gasteiger partial charge in [0.25, 0.3) is 0 Å². The Labute approximate surface area is 265 Å². The standard InChI is InChI=1S/C37H28O.C7H8/c1-3-33-34(23(2)10-6-7-21-38-33)26-19-20-30-28(22-26)27-13-4-5-14-29(27)37(30)31-15-8-11-24-17-18-25-12-9-16-32(37)36(25)35(24)31;1-7-5-3-2-4-6-7/h4-22,33-34H,2-3H2,1H3;2-6H,1H3/b10-6-,21-7-;. The van der Waals surface area contributed by atoms with Crippen molar-refractivity contribution >= 4 is 21.5 Å². The van der Waals surface area contributed by atoms with Gasteiger partial charge in [-0.3, -0.25) is 0 Å². The first kappa shape index (κ1) is 27.4. The Morgan fingerprint density at radius 3 is 1.96 bits per heavy atom. The van der Waals surface area contributed by atoms with Crippen molar-refractivity contribution in [2.45, 2.75) is 37.7 Å². The van der Waals surface area contributed by atoms with Crippen molar-refractivity contribution in [1.29, 1.82) is 0 Å². The van der Waals surface area contributed by atoms with E-state index in [1.165, 1.54) is 66.1 Å². The Kier molecular flexibility index (Phi) is 6.57. The quantitative estimate of drug-likeness (QED) is 0.185. The van der Waals surface area contributed by atoms with Crippen LogP contribution in [0.1, 0.15) is 52.6 Å². The highest BCUT2D eigenvalue weighted by Crippen LogP contribution is 2.62. The Hall–Kier alpha value is -5.14. The third-order valence-corrected chi connectivity index (χ3v) is 9.99. The van der Waals surface area contributed by atoms with E-state index in [-0.39, 0.29) is 17.4 Å². The summed E-state index contributed by atoms with van der Waals surface area (Å²) in [5.41, 5.74) is 11.6. The van der Waals surface area contributed by atoms with Crippen LogP contribution in [0.4, 0.5) is 0 Å².